The van der Waals surface area contributed by atoms with Crippen molar-refractivity contribution in [1.29, 1.82) is 0 Å². The molecule has 0 heterocycles. The Labute approximate surface area is 133 Å². The number of nitrogens with zero attached hydrogens (tertiary/aromatic N) is 1. The lowest BCUT2D eigenvalue weighted by Crippen LogP contribution is -2.09. The van der Waals surface area contributed by atoms with Gasteiger partial charge in [-0.15, -0.1) is 0 Å². The molecule has 7 nitrogen and oxygen atoms in total. The average Bonchev–Trinajstić information content (AvgIpc) is 2.51. The molecule has 2 aromatic rings. The number of ether oxygens (including phenoxy) is 2. The highest BCUT2D eigenvalue weighted by atomic mass is 32.2. The quantitative estimate of drug-likeness (QED) is 0.437. The number of hydrogen-bond acceptors (Lipinski definition) is 6. The third-order valence-electron chi connectivity index (χ3n) is 2.90. The minimum atomic E-state index is -3.23. The van der Waals surface area contributed by atoms with Crippen molar-refractivity contribution >= 4 is 15.5 Å². The first-order valence-electron chi connectivity index (χ1n) is 6.66. The second-order valence-corrected chi connectivity index (χ2v) is 6.71. The van der Waals surface area contributed by atoms with Crippen LogP contribution in [-0.2, 0) is 9.84 Å². The molecule has 0 atom stereocenters. The Morgan fingerprint density at radius 3 is 2.17 bits per heavy atom. The van der Waals surface area contributed by atoms with Crippen LogP contribution in [0.25, 0.3) is 0 Å². The maximum atomic E-state index is 11.3. The normalized spacial score (nSPS) is 11.0. The van der Waals surface area contributed by atoms with E-state index >= 15 is 0 Å². The first kappa shape index (κ1) is 16.8. The van der Waals surface area contributed by atoms with Gasteiger partial charge in [-0.25, -0.2) is 8.42 Å². The molecule has 8 heteroatoms. The number of nitro groups is 1. The van der Waals surface area contributed by atoms with Gasteiger partial charge in [0.2, 0.25) is 0 Å². The Bertz CT molecular complexity index is 786. The molecular formula is C15H15NO6S. The number of sulfone groups is 1. The first-order valence-corrected chi connectivity index (χ1v) is 8.55. The summed E-state index contributed by atoms with van der Waals surface area (Å²) in [5.41, 5.74) is -0.0419. The lowest BCUT2D eigenvalue weighted by atomic mass is 10.3. The molecule has 0 N–H and O–H groups in total. The van der Waals surface area contributed by atoms with Crippen molar-refractivity contribution in [3.8, 4) is 11.5 Å². The van der Waals surface area contributed by atoms with E-state index in [9.17, 15) is 18.5 Å². The van der Waals surface area contributed by atoms with Crippen LogP contribution in [0.15, 0.2) is 53.4 Å². The zero-order valence-electron chi connectivity index (χ0n) is 12.3. The maximum Gasteiger partial charge on any atom is 0.273 e. The Morgan fingerprint density at radius 2 is 1.61 bits per heavy atom. The van der Waals surface area contributed by atoms with Gasteiger partial charge in [-0.1, -0.05) is 6.07 Å². The van der Waals surface area contributed by atoms with Gasteiger partial charge in [0, 0.05) is 12.3 Å². The van der Waals surface area contributed by atoms with Crippen LogP contribution in [0.2, 0.25) is 0 Å². The van der Waals surface area contributed by atoms with Gasteiger partial charge in [0.15, 0.2) is 9.84 Å². The summed E-state index contributed by atoms with van der Waals surface area (Å²) in [5, 5.41) is 10.6. The molecule has 0 amide bonds. The van der Waals surface area contributed by atoms with Crippen molar-refractivity contribution in [2.45, 2.75) is 4.90 Å². The molecule has 0 saturated carbocycles. The van der Waals surface area contributed by atoms with Crippen molar-refractivity contribution in [2.24, 2.45) is 0 Å². The van der Waals surface area contributed by atoms with Crippen molar-refractivity contribution in [1.82, 2.24) is 0 Å². The topological polar surface area (TPSA) is 95.7 Å². The van der Waals surface area contributed by atoms with Crippen LogP contribution in [0.1, 0.15) is 0 Å². The molecule has 0 aliphatic heterocycles. The Kier molecular flexibility index (Phi) is 5.17. The number of rotatable bonds is 7. The van der Waals surface area contributed by atoms with E-state index < -0.39 is 14.8 Å². The summed E-state index contributed by atoms with van der Waals surface area (Å²) in [5.74, 6) is 0.898. The van der Waals surface area contributed by atoms with Crippen LogP contribution >= 0.6 is 0 Å². The van der Waals surface area contributed by atoms with Crippen molar-refractivity contribution < 1.29 is 22.8 Å². The fraction of sp³-hybridized carbons (Fsp3) is 0.200. The van der Waals surface area contributed by atoms with Crippen LogP contribution in [0.3, 0.4) is 0 Å². The van der Waals surface area contributed by atoms with E-state index in [1.165, 1.54) is 30.3 Å². The van der Waals surface area contributed by atoms with Crippen LogP contribution in [0.5, 0.6) is 11.5 Å². The van der Waals surface area contributed by atoms with E-state index in [0.29, 0.717) is 11.5 Å². The zero-order chi connectivity index (χ0) is 16.9. The van der Waals surface area contributed by atoms with E-state index in [-0.39, 0.29) is 23.8 Å². The molecular weight excluding hydrogens is 322 g/mol. The molecule has 0 aliphatic rings. The van der Waals surface area contributed by atoms with E-state index in [1.54, 1.807) is 18.2 Å². The molecule has 2 rings (SSSR count). The fourth-order valence-corrected chi connectivity index (χ4v) is 2.42. The number of non-ortho nitro benzene ring substituents is 1. The molecule has 122 valence electrons. The molecule has 0 unspecified atom stereocenters. The summed E-state index contributed by atoms with van der Waals surface area (Å²) >= 11 is 0. The van der Waals surface area contributed by atoms with Crippen LogP contribution < -0.4 is 9.47 Å². The average molecular weight is 337 g/mol. The van der Waals surface area contributed by atoms with Gasteiger partial charge in [-0.3, -0.25) is 10.1 Å². The number of nitro benzene ring substituents is 1. The highest BCUT2D eigenvalue weighted by Gasteiger charge is 2.07. The molecule has 2 aromatic carbocycles. The predicted molar refractivity (Wildman–Crippen MR) is 83.6 cm³/mol. The molecule has 0 bridgehead atoms. The molecule has 0 spiro atoms. The summed E-state index contributed by atoms with van der Waals surface area (Å²) in [6.07, 6.45) is 1.13. The lowest BCUT2D eigenvalue weighted by Gasteiger charge is -2.08. The van der Waals surface area contributed by atoms with Crippen molar-refractivity contribution in [3.05, 3.63) is 58.6 Å². The number of benzene rings is 2. The van der Waals surface area contributed by atoms with Crippen molar-refractivity contribution in [3.63, 3.8) is 0 Å². The third-order valence-corrected chi connectivity index (χ3v) is 4.03. The SMILES string of the molecule is CS(=O)(=O)c1ccc(OCCOc2cccc([N+](=O)[O-])c2)cc1. The largest absolute Gasteiger partial charge is 0.490 e. The maximum absolute atomic E-state index is 11.3. The van der Waals surface area contributed by atoms with Gasteiger partial charge in [0.25, 0.3) is 5.69 Å². The second-order valence-electron chi connectivity index (χ2n) is 4.69. The Balaban J connectivity index is 1.84. The molecule has 0 radical (unpaired) electrons. The minimum Gasteiger partial charge on any atom is -0.490 e. The number of hydrogen-bond donors (Lipinski definition) is 0. The molecule has 0 aliphatic carbocycles. The highest BCUT2D eigenvalue weighted by Crippen LogP contribution is 2.19. The molecule has 0 aromatic heterocycles. The summed E-state index contributed by atoms with van der Waals surface area (Å²) in [7, 11) is -3.23. The van der Waals surface area contributed by atoms with Gasteiger partial charge < -0.3 is 9.47 Å². The van der Waals surface area contributed by atoms with E-state index in [2.05, 4.69) is 0 Å². The predicted octanol–water partition coefficient (Wildman–Crippen LogP) is 2.46. The Hall–Kier alpha value is -2.61. The van der Waals surface area contributed by atoms with Gasteiger partial charge >= 0.3 is 0 Å². The first-order chi connectivity index (χ1) is 10.9. The minimum absolute atomic E-state index is 0.0419. The fourth-order valence-electron chi connectivity index (χ4n) is 1.79. The van der Waals surface area contributed by atoms with Gasteiger partial charge in [0.05, 0.1) is 15.9 Å². The Morgan fingerprint density at radius 1 is 1.00 bits per heavy atom. The van der Waals surface area contributed by atoms with Crippen molar-refractivity contribution in [2.75, 3.05) is 19.5 Å². The van der Waals surface area contributed by atoms with Crippen LogP contribution in [0.4, 0.5) is 5.69 Å². The lowest BCUT2D eigenvalue weighted by molar-refractivity contribution is -0.384. The van der Waals surface area contributed by atoms with E-state index in [4.69, 9.17) is 9.47 Å². The monoisotopic (exact) mass is 337 g/mol. The summed E-state index contributed by atoms with van der Waals surface area (Å²) in [6, 6.07) is 11.9. The highest BCUT2D eigenvalue weighted by molar-refractivity contribution is 7.90. The third kappa shape index (κ3) is 4.96. The van der Waals surface area contributed by atoms with Crippen LogP contribution in [0, 0.1) is 10.1 Å². The molecule has 0 saturated heterocycles. The van der Waals surface area contributed by atoms with E-state index in [0.717, 1.165) is 6.26 Å². The van der Waals surface area contributed by atoms with E-state index in [1.807, 2.05) is 0 Å². The van der Waals surface area contributed by atoms with Gasteiger partial charge in [0.1, 0.15) is 24.7 Å². The summed E-state index contributed by atoms with van der Waals surface area (Å²) in [4.78, 5) is 10.4. The molecule has 23 heavy (non-hydrogen) atoms. The smallest absolute Gasteiger partial charge is 0.273 e. The summed E-state index contributed by atoms with van der Waals surface area (Å²) in [6.45, 7) is 0.426. The van der Waals surface area contributed by atoms with Gasteiger partial charge in [-0.2, -0.15) is 0 Å². The zero-order valence-corrected chi connectivity index (χ0v) is 13.2. The molecule has 0 fully saturated rings. The standard InChI is InChI=1S/C15H15NO6S/c1-23(19,20)15-7-5-13(6-8-15)21-9-10-22-14-4-2-3-12(11-14)16(17)18/h2-8,11H,9-10H2,1H3. The van der Waals surface area contributed by atoms with Crippen LogP contribution in [-0.4, -0.2) is 32.8 Å². The second kappa shape index (κ2) is 7.10. The van der Waals surface area contributed by atoms with Gasteiger partial charge in [-0.05, 0) is 30.3 Å². The summed E-state index contributed by atoms with van der Waals surface area (Å²) < 4.78 is 33.4.